The number of nitrogens with zero attached hydrogens (tertiary/aromatic N) is 1. The summed E-state index contributed by atoms with van der Waals surface area (Å²) in [7, 11) is 1.62. The Hall–Kier alpha value is -3.08. The Morgan fingerprint density at radius 3 is 2.41 bits per heavy atom. The van der Waals surface area contributed by atoms with Crippen molar-refractivity contribution in [2.24, 2.45) is 0 Å². The molecule has 0 aliphatic heterocycles. The number of hydrogen-bond acceptors (Lipinski definition) is 4. The zero-order valence-electron chi connectivity index (χ0n) is 12.0. The summed E-state index contributed by atoms with van der Waals surface area (Å²) in [5.74, 6) is 1.31. The highest BCUT2D eigenvalue weighted by Crippen LogP contribution is 2.18. The van der Waals surface area contributed by atoms with E-state index in [1.54, 1.807) is 7.11 Å². The lowest BCUT2D eigenvalue weighted by Crippen LogP contribution is -2.10. The molecule has 1 aromatic heterocycles. The standard InChI is InChI=1S/C17H15N3O2/c1-22-14-9-7-13(8-10-14)18-16-11-15(21)17(20-19-16)12-5-3-2-4-6-12/h2-11H,1H3,(H2,18,19,21). The fraction of sp³-hybridized carbons (Fsp3) is 0.0588. The third-order valence-corrected chi connectivity index (χ3v) is 3.21. The van der Waals surface area contributed by atoms with E-state index in [-0.39, 0.29) is 5.43 Å². The average Bonchev–Trinajstić information content (AvgIpc) is 2.56. The number of benzene rings is 2. The first-order valence-electron chi connectivity index (χ1n) is 6.82. The van der Waals surface area contributed by atoms with Crippen molar-refractivity contribution in [3.63, 3.8) is 0 Å². The van der Waals surface area contributed by atoms with Crippen molar-refractivity contribution in [1.82, 2.24) is 10.2 Å². The summed E-state index contributed by atoms with van der Waals surface area (Å²) in [6, 6.07) is 18.3. The molecule has 1 heterocycles. The van der Waals surface area contributed by atoms with Gasteiger partial charge in [0, 0.05) is 17.3 Å². The number of methoxy groups -OCH3 is 1. The van der Waals surface area contributed by atoms with E-state index in [9.17, 15) is 4.79 Å². The summed E-state index contributed by atoms with van der Waals surface area (Å²) >= 11 is 0. The van der Waals surface area contributed by atoms with Gasteiger partial charge in [-0.05, 0) is 24.3 Å². The fourth-order valence-corrected chi connectivity index (χ4v) is 2.10. The van der Waals surface area contributed by atoms with Crippen LogP contribution >= 0.6 is 0 Å². The van der Waals surface area contributed by atoms with Gasteiger partial charge in [0.15, 0.2) is 0 Å². The molecule has 0 bridgehead atoms. The Morgan fingerprint density at radius 2 is 1.77 bits per heavy atom. The van der Waals surface area contributed by atoms with Gasteiger partial charge in [-0.1, -0.05) is 30.3 Å². The van der Waals surface area contributed by atoms with Crippen molar-refractivity contribution in [3.05, 3.63) is 70.9 Å². The number of H-pyrrole nitrogens is 1. The van der Waals surface area contributed by atoms with Crippen molar-refractivity contribution < 1.29 is 4.74 Å². The van der Waals surface area contributed by atoms with E-state index in [1.165, 1.54) is 6.07 Å². The number of aromatic nitrogens is 2. The average molecular weight is 293 g/mol. The number of ether oxygens (including phenoxy) is 1. The highest BCUT2D eigenvalue weighted by Gasteiger charge is 2.06. The molecule has 2 aromatic carbocycles. The summed E-state index contributed by atoms with van der Waals surface area (Å²) in [4.78, 5) is 12.2. The molecule has 0 radical (unpaired) electrons. The summed E-state index contributed by atoms with van der Waals surface area (Å²) < 4.78 is 5.11. The van der Waals surface area contributed by atoms with Gasteiger partial charge in [0.1, 0.15) is 17.3 Å². The minimum Gasteiger partial charge on any atom is -0.497 e. The Kier molecular flexibility index (Phi) is 3.87. The zero-order valence-corrected chi connectivity index (χ0v) is 12.0. The lowest BCUT2D eigenvalue weighted by Gasteiger charge is -2.07. The van der Waals surface area contributed by atoms with Crippen LogP contribution in [0.1, 0.15) is 0 Å². The van der Waals surface area contributed by atoms with Crippen LogP contribution in [0.25, 0.3) is 11.3 Å². The maximum absolute atomic E-state index is 12.2. The summed E-state index contributed by atoms with van der Waals surface area (Å²) in [6.07, 6.45) is 0. The third-order valence-electron chi connectivity index (χ3n) is 3.21. The van der Waals surface area contributed by atoms with Gasteiger partial charge in [-0.2, -0.15) is 5.10 Å². The summed E-state index contributed by atoms with van der Waals surface area (Å²) in [5.41, 5.74) is 1.90. The molecule has 0 atom stereocenters. The van der Waals surface area contributed by atoms with E-state index in [1.807, 2.05) is 54.6 Å². The molecule has 5 heteroatoms. The van der Waals surface area contributed by atoms with Crippen LogP contribution in [0, 0.1) is 0 Å². The van der Waals surface area contributed by atoms with Crippen molar-refractivity contribution in [1.29, 1.82) is 0 Å². The van der Waals surface area contributed by atoms with Gasteiger partial charge in [0.25, 0.3) is 0 Å². The van der Waals surface area contributed by atoms with Crippen molar-refractivity contribution >= 4 is 11.5 Å². The van der Waals surface area contributed by atoms with Gasteiger partial charge in [0.2, 0.25) is 5.43 Å². The van der Waals surface area contributed by atoms with Crippen LogP contribution in [-0.2, 0) is 0 Å². The normalized spacial score (nSPS) is 10.2. The topological polar surface area (TPSA) is 67.0 Å². The van der Waals surface area contributed by atoms with E-state index in [0.29, 0.717) is 11.5 Å². The van der Waals surface area contributed by atoms with Crippen LogP contribution in [0.15, 0.2) is 65.5 Å². The Bertz CT molecular complexity index is 811. The first-order chi connectivity index (χ1) is 10.8. The van der Waals surface area contributed by atoms with Gasteiger partial charge in [-0.25, -0.2) is 0 Å². The Labute approximate surface area is 127 Å². The van der Waals surface area contributed by atoms with Gasteiger partial charge in [0.05, 0.1) is 7.11 Å². The second kappa shape index (κ2) is 6.13. The summed E-state index contributed by atoms with van der Waals surface area (Å²) in [6.45, 7) is 0. The van der Waals surface area contributed by atoms with Crippen LogP contribution in [0.5, 0.6) is 5.75 Å². The van der Waals surface area contributed by atoms with Crippen LogP contribution in [-0.4, -0.2) is 17.3 Å². The molecule has 5 nitrogen and oxygen atoms in total. The van der Waals surface area contributed by atoms with Crippen LogP contribution < -0.4 is 15.5 Å². The van der Waals surface area contributed by atoms with Crippen LogP contribution in [0.3, 0.4) is 0 Å². The van der Waals surface area contributed by atoms with Gasteiger partial charge in [-0.15, -0.1) is 0 Å². The van der Waals surface area contributed by atoms with Gasteiger partial charge in [-0.3, -0.25) is 9.89 Å². The number of nitrogens with one attached hydrogen (secondary N) is 2. The lowest BCUT2D eigenvalue weighted by molar-refractivity contribution is 0.415. The molecule has 110 valence electrons. The van der Waals surface area contributed by atoms with Gasteiger partial charge < -0.3 is 10.1 Å². The zero-order chi connectivity index (χ0) is 15.4. The van der Waals surface area contributed by atoms with Crippen LogP contribution in [0.4, 0.5) is 11.5 Å². The predicted molar refractivity (Wildman–Crippen MR) is 86.6 cm³/mol. The molecule has 0 saturated carbocycles. The molecule has 0 fully saturated rings. The highest BCUT2D eigenvalue weighted by molar-refractivity contribution is 5.61. The highest BCUT2D eigenvalue weighted by atomic mass is 16.5. The molecule has 0 spiro atoms. The van der Waals surface area contributed by atoms with Gasteiger partial charge >= 0.3 is 0 Å². The number of aromatic amines is 1. The van der Waals surface area contributed by atoms with E-state index in [0.717, 1.165) is 17.0 Å². The largest absolute Gasteiger partial charge is 0.497 e. The SMILES string of the molecule is COc1ccc(Nc2cc(=O)c(-c3ccccc3)n[nH]2)cc1. The van der Waals surface area contributed by atoms with Crippen molar-refractivity contribution in [2.75, 3.05) is 12.4 Å². The van der Waals surface area contributed by atoms with Crippen LogP contribution in [0.2, 0.25) is 0 Å². The molecule has 0 aliphatic carbocycles. The Morgan fingerprint density at radius 1 is 1.05 bits per heavy atom. The van der Waals surface area contributed by atoms with Crippen molar-refractivity contribution in [3.8, 4) is 17.0 Å². The first kappa shape index (κ1) is 13.9. The third kappa shape index (κ3) is 2.98. The molecular weight excluding hydrogens is 278 g/mol. The van der Waals surface area contributed by atoms with E-state index in [4.69, 9.17) is 4.74 Å². The molecular formula is C17H15N3O2. The molecule has 3 aromatic rings. The maximum atomic E-state index is 12.2. The van der Waals surface area contributed by atoms with E-state index < -0.39 is 0 Å². The summed E-state index contributed by atoms with van der Waals surface area (Å²) in [5, 5.41) is 10.1. The van der Waals surface area contributed by atoms with E-state index in [2.05, 4.69) is 15.5 Å². The predicted octanol–water partition coefficient (Wildman–Crippen LogP) is 3.19. The number of rotatable bonds is 4. The minimum atomic E-state index is -0.138. The molecule has 2 N–H and O–H groups in total. The van der Waals surface area contributed by atoms with Crippen molar-refractivity contribution in [2.45, 2.75) is 0 Å². The molecule has 3 rings (SSSR count). The number of anilines is 2. The maximum Gasteiger partial charge on any atom is 0.210 e. The number of hydrogen-bond donors (Lipinski definition) is 2. The molecule has 0 aliphatic rings. The smallest absolute Gasteiger partial charge is 0.210 e. The molecule has 22 heavy (non-hydrogen) atoms. The minimum absolute atomic E-state index is 0.138. The monoisotopic (exact) mass is 293 g/mol. The second-order valence-electron chi connectivity index (χ2n) is 4.71. The first-order valence-corrected chi connectivity index (χ1v) is 6.82. The van der Waals surface area contributed by atoms with E-state index >= 15 is 0 Å². The second-order valence-corrected chi connectivity index (χ2v) is 4.71. The quantitative estimate of drug-likeness (QED) is 0.775. The molecule has 0 saturated heterocycles. The Balaban J connectivity index is 1.84. The molecule has 0 amide bonds. The fourth-order valence-electron chi connectivity index (χ4n) is 2.10. The lowest BCUT2D eigenvalue weighted by atomic mass is 10.1. The molecule has 0 unspecified atom stereocenters.